The molecule has 2 fully saturated rings. The lowest BCUT2D eigenvalue weighted by molar-refractivity contribution is 0.266. The Bertz CT molecular complexity index is 964. The molecule has 2 saturated carbocycles. The van der Waals surface area contributed by atoms with E-state index in [0.717, 1.165) is 35.5 Å². The Morgan fingerprint density at radius 1 is 0.605 bits per heavy atom. The second kappa shape index (κ2) is 11.0. The topological polar surface area (TPSA) is 27.7 Å². The minimum atomic E-state index is -3.11. The van der Waals surface area contributed by atoms with E-state index in [2.05, 4.69) is 100 Å². The molecule has 5 rings (SSSR count). The molecular formula is C31H52O3Si4. The molecule has 3 nitrogen and oxygen atoms in total. The first kappa shape index (κ1) is 29.0. The Kier molecular flexibility index (Phi) is 8.40. The molecule has 0 N–H and O–H groups in total. The van der Waals surface area contributed by atoms with Crippen LogP contribution >= 0.6 is 0 Å². The van der Waals surface area contributed by atoms with Gasteiger partial charge in [-0.3, -0.25) is 0 Å². The molecule has 4 aliphatic rings. The fraction of sp³-hybridized carbons (Fsp3) is 0.677. The van der Waals surface area contributed by atoms with Gasteiger partial charge in [0, 0.05) is 5.19 Å². The van der Waals surface area contributed by atoms with Crippen molar-refractivity contribution in [2.45, 2.75) is 96.4 Å². The maximum Gasteiger partial charge on any atom is 0.505 e. The first-order valence-corrected chi connectivity index (χ1v) is 26.7. The number of allylic oxidation sites excluding steroid dienone is 4. The van der Waals surface area contributed by atoms with Crippen LogP contribution in [0.25, 0.3) is 0 Å². The van der Waals surface area contributed by atoms with Crippen molar-refractivity contribution >= 4 is 38.9 Å². The molecule has 1 aromatic carbocycles. The van der Waals surface area contributed by atoms with Gasteiger partial charge in [-0.25, -0.2) is 0 Å². The number of fused-ring (bicyclic) bond motifs is 4. The third-order valence-corrected chi connectivity index (χ3v) is 23.6. The van der Waals surface area contributed by atoms with Crippen LogP contribution in [0.15, 0.2) is 54.6 Å². The average molecular weight is 585 g/mol. The third-order valence-electron chi connectivity index (χ3n) is 9.46. The van der Waals surface area contributed by atoms with Gasteiger partial charge >= 0.3 is 8.80 Å². The first-order chi connectivity index (χ1) is 17.8. The van der Waals surface area contributed by atoms with Crippen LogP contribution in [-0.4, -0.2) is 33.8 Å². The van der Waals surface area contributed by atoms with Crippen LogP contribution < -0.4 is 5.19 Å². The number of hydrogen-bond donors (Lipinski definition) is 0. The zero-order valence-corrected chi connectivity index (χ0v) is 29.0. The molecule has 0 aromatic heterocycles. The Morgan fingerprint density at radius 2 is 1.08 bits per heavy atom. The fourth-order valence-corrected chi connectivity index (χ4v) is 23.3. The summed E-state index contributed by atoms with van der Waals surface area (Å²) in [6.07, 6.45) is 18.0. The van der Waals surface area contributed by atoms with E-state index in [1.807, 2.05) is 0 Å². The van der Waals surface area contributed by atoms with Crippen LogP contribution in [0.3, 0.4) is 0 Å². The molecule has 0 aliphatic heterocycles. The summed E-state index contributed by atoms with van der Waals surface area (Å²) >= 11 is 0. The average Bonchev–Trinajstić information content (AvgIpc) is 3.63. The molecule has 0 radical (unpaired) electrons. The van der Waals surface area contributed by atoms with Gasteiger partial charge in [0.05, 0.1) is 0 Å². The highest BCUT2D eigenvalue weighted by atomic mass is 28.5. The van der Waals surface area contributed by atoms with Crippen molar-refractivity contribution in [2.75, 3.05) is 0 Å². The highest BCUT2D eigenvalue weighted by Crippen LogP contribution is 2.47. The van der Waals surface area contributed by atoms with Gasteiger partial charge in [0.2, 0.25) is 0 Å². The van der Waals surface area contributed by atoms with Crippen molar-refractivity contribution in [1.29, 1.82) is 0 Å². The van der Waals surface area contributed by atoms with E-state index in [1.165, 1.54) is 55.8 Å². The van der Waals surface area contributed by atoms with Crippen molar-refractivity contribution in [3.05, 3.63) is 54.6 Å². The van der Waals surface area contributed by atoms with Gasteiger partial charge in [-0.05, 0) is 119 Å². The summed E-state index contributed by atoms with van der Waals surface area (Å²) in [6.45, 7) is 16.6. The normalized spacial score (nSPS) is 31.9. The van der Waals surface area contributed by atoms with E-state index < -0.39 is 33.8 Å². The van der Waals surface area contributed by atoms with Crippen molar-refractivity contribution in [1.82, 2.24) is 0 Å². The van der Waals surface area contributed by atoms with Crippen molar-refractivity contribution in [3.63, 3.8) is 0 Å². The van der Waals surface area contributed by atoms with E-state index in [1.54, 1.807) is 0 Å². The van der Waals surface area contributed by atoms with Gasteiger partial charge in [0.15, 0.2) is 25.0 Å². The van der Waals surface area contributed by atoms with E-state index in [4.69, 9.17) is 12.3 Å². The molecule has 4 bridgehead atoms. The Morgan fingerprint density at radius 3 is 1.45 bits per heavy atom. The molecular weight excluding hydrogens is 533 g/mol. The maximum atomic E-state index is 7.46. The highest BCUT2D eigenvalue weighted by Gasteiger charge is 2.54. The lowest BCUT2D eigenvalue weighted by atomic mass is 9.91. The Balaban J connectivity index is 1.35. The van der Waals surface area contributed by atoms with Gasteiger partial charge < -0.3 is 12.3 Å². The third kappa shape index (κ3) is 7.01. The number of rotatable bonds is 13. The van der Waals surface area contributed by atoms with Gasteiger partial charge in [0.1, 0.15) is 0 Å². The van der Waals surface area contributed by atoms with E-state index in [0.29, 0.717) is 0 Å². The second-order valence-corrected chi connectivity index (χ2v) is 31.4. The minimum Gasteiger partial charge on any atom is -0.414 e. The molecule has 0 saturated heterocycles. The molecule has 210 valence electrons. The van der Waals surface area contributed by atoms with Crippen LogP contribution in [0.5, 0.6) is 0 Å². The first-order valence-electron chi connectivity index (χ1n) is 15.3. The summed E-state index contributed by atoms with van der Waals surface area (Å²) in [7, 11) is -9.17. The molecule has 4 aliphatic carbocycles. The van der Waals surface area contributed by atoms with Crippen LogP contribution in [0.1, 0.15) is 38.5 Å². The summed E-state index contributed by atoms with van der Waals surface area (Å²) in [5.74, 6) is 4.97. The zero-order valence-electron chi connectivity index (χ0n) is 25.0. The SMILES string of the molecule is C[Si](C)(C)O[Si](O[Si](C)(C)CCC1CC2C=CC1C2)(O[Si](C)(C)CCC1CC2C=CC1C2)c1ccccc1. The fourth-order valence-electron chi connectivity index (χ4n) is 7.63. The lowest BCUT2D eigenvalue weighted by Gasteiger charge is -2.44. The molecule has 1 aromatic rings. The predicted octanol–water partition coefficient (Wildman–Crippen LogP) is 8.33. The smallest absolute Gasteiger partial charge is 0.414 e. The summed E-state index contributed by atoms with van der Waals surface area (Å²) in [4.78, 5) is 0. The standard InChI is InChI=1S/C31H52O3Si4/c1-35(2,3)32-38(31-11-9-8-10-12-31,33-36(4,5)19-17-29-23-25-13-15-27(29)21-25)34-37(6,7)20-18-30-24-26-14-16-28(30)22-26/h8-16,25-30H,17-24H2,1-7H3. The number of hydrogen-bond acceptors (Lipinski definition) is 3. The van der Waals surface area contributed by atoms with Gasteiger partial charge in [-0.15, -0.1) is 0 Å². The van der Waals surface area contributed by atoms with Crippen LogP contribution in [-0.2, 0) is 12.3 Å². The molecule has 0 spiro atoms. The van der Waals surface area contributed by atoms with Crippen molar-refractivity contribution < 1.29 is 12.3 Å². The van der Waals surface area contributed by atoms with E-state index in [9.17, 15) is 0 Å². The second-order valence-electron chi connectivity index (χ2n) is 15.0. The van der Waals surface area contributed by atoms with Gasteiger partial charge in [-0.1, -0.05) is 67.5 Å². The van der Waals surface area contributed by atoms with Gasteiger partial charge in [0.25, 0.3) is 0 Å². The monoisotopic (exact) mass is 584 g/mol. The largest absolute Gasteiger partial charge is 0.505 e. The van der Waals surface area contributed by atoms with Crippen LogP contribution in [0, 0.1) is 35.5 Å². The van der Waals surface area contributed by atoms with Crippen molar-refractivity contribution in [2.24, 2.45) is 35.5 Å². The molecule has 6 atom stereocenters. The van der Waals surface area contributed by atoms with Crippen LogP contribution in [0.2, 0.25) is 57.9 Å². The molecule has 0 amide bonds. The van der Waals surface area contributed by atoms with E-state index >= 15 is 0 Å². The molecule has 38 heavy (non-hydrogen) atoms. The van der Waals surface area contributed by atoms with Gasteiger partial charge in [-0.2, -0.15) is 0 Å². The van der Waals surface area contributed by atoms with Crippen molar-refractivity contribution in [3.8, 4) is 0 Å². The lowest BCUT2D eigenvalue weighted by Crippen LogP contribution is -2.68. The van der Waals surface area contributed by atoms with E-state index in [-0.39, 0.29) is 0 Å². The summed E-state index contributed by atoms with van der Waals surface area (Å²) < 4.78 is 22.1. The Hall–Kier alpha value is -0.552. The summed E-state index contributed by atoms with van der Waals surface area (Å²) in [6, 6.07) is 13.2. The zero-order chi connectivity index (χ0) is 27.2. The van der Waals surface area contributed by atoms with Crippen LogP contribution in [0.4, 0.5) is 0 Å². The summed E-state index contributed by atoms with van der Waals surface area (Å²) in [5.41, 5.74) is 0. The highest BCUT2D eigenvalue weighted by molar-refractivity contribution is 6.96. The minimum absolute atomic E-state index is 0.808. The maximum absolute atomic E-state index is 7.46. The molecule has 7 heteroatoms. The summed E-state index contributed by atoms with van der Waals surface area (Å²) in [5, 5.41) is 1.18. The quantitative estimate of drug-likeness (QED) is 0.172. The predicted molar refractivity (Wildman–Crippen MR) is 170 cm³/mol. The molecule has 0 heterocycles. The Labute approximate surface area is 237 Å². The number of benzene rings is 1. The molecule has 6 unspecified atom stereocenters.